The summed E-state index contributed by atoms with van der Waals surface area (Å²) in [5.74, 6) is -4.58. The summed E-state index contributed by atoms with van der Waals surface area (Å²) >= 11 is 0. The van der Waals surface area contributed by atoms with Crippen LogP contribution in [0.3, 0.4) is 0 Å². The van der Waals surface area contributed by atoms with Gasteiger partial charge in [0.1, 0.15) is 22.9 Å². The first kappa shape index (κ1) is 40.1. The van der Waals surface area contributed by atoms with Gasteiger partial charge in [-0.25, -0.2) is 13.6 Å². The Balaban J connectivity index is 1.63. The van der Waals surface area contributed by atoms with Crippen molar-refractivity contribution in [2.45, 2.75) is 84.0 Å². The first-order valence-electron chi connectivity index (χ1n) is 16.4. The van der Waals surface area contributed by atoms with E-state index in [2.05, 4.69) is 11.9 Å². The average molecular weight is 757 g/mol. The third kappa shape index (κ3) is 8.51. The molecule has 52 heavy (non-hydrogen) atoms. The molecule has 2 aliphatic rings. The Morgan fingerprint density at radius 1 is 1.10 bits per heavy atom. The highest BCUT2D eigenvalue weighted by Crippen LogP contribution is 2.61. The number of hydrogen-bond donors (Lipinski definition) is 2. The molecule has 2 heterocycles. The number of fused-ring (bicyclic) bond motifs is 1. The van der Waals surface area contributed by atoms with Crippen LogP contribution in [0.4, 0.5) is 13.6 Å². The molecule has 3 atom stereocenters. The zero-order valence-electron chi connectivity index (χ0n) is 29.7. The van der Waals surface area contributed by atoms with Gasteiger partial charge in [0, 0.05) is 44.4 Å². The van der Waals surface area contributed by atoms with Gasteiger partial charge in [0.2, 0.25) is 19.0 Å². The minimum atomic E-state index is -4.24. The average Bonchev–Trinajstić information content (AvgIpc) is 3.50. The second-order valence-corrected chi connectivity index (χ2v) is 14.9. The lowest BCUT2D eigenvalue weighted by Gasteiger charge is -2.52. The summed E-state index contributed by atoms with van der Waals surface area (Å²) in [5, 5.41) is 14.9. The molecule has 1 aromatic carbocycles. The second kappa shape index (κ2) is 16.3. The van der Waals surface area contributed by atoms with Gasteiger partial charge in [-0.05, 0) is 60.1 Å². The van der Waals surface area contributed by atoms with Crippen molar-refractivity contribution in [3.8, 4) is 5.75 Å². The van der Waals surface area contributed by atoms with Gasteiger partial charge in [0.25, 0.3) is 17.8 Å². The number of pyridine rings is 1. The van der Waals surface area contributed by atoms with Crippen molar-refractivity contribution in [3.05, 3.63) is 75.6 Å². The van der Waals surface area contributed by atoms with Gasteiger partial charge in [-0.2, -0.15) is 0 Å². The lowest BCUT2D eigenvalue weighted by Crippen LogP contribution is -2.68. The fourth-order valence-electron chi connectivity index (χ4n) is 6.13. The highest BCUT2D eigenvalue weighted by atomic mass is 31.2. The third-order valence-electron chi connectivity index (χ3n) is 8.50. The molecule has 2 aromatic rings. The Morgan fingerprint density at radius 3 is 2.37 bits per heavy atom. The van der Waals surface area contributed by atoms with Crippen molar-refractivity contribution >= 4 is 25.6 Å². The maximum absolute atomic E-state index is 14.4. The van der Waals surface area contributed by atoms with Gasteiger partial charge < -0.3 is 34.3 Å². The van der Waals surface area contributed by atoms with Crippen LogP contribution in [-0.2, 0) is 39.1 Å². The smallest absolute Gasteiger partial charge is 0.502 e. The Hall–Kier alpha value is -4.67. The summed E-state index contributed by atoms with van der Waals surface area (Å²) < 4.78 is 74.9. The topological polar surface area (TPSA) is 184 Å². The number of rotatable bonds is 15. The SMILES string of the molecule is C=C(OCOP(=O)(OCOC(=O)OC(C)C)C1CCC2(C1)N(CC)C(=O)c1c(O)c(=O)c(C(=O)NCc3ccc(F)cc3F)cn1N2C)OC(C)C. The number of aromatic nitrogens is 1. The number of carbonyl (C=O) groups is 3. The van der Waals surface area contributed by atoms with E-state index in [0.717, 1.165) is 23.0 Å². The van der Waals surface area contributed by atoms with E-state index in [1.807, 2.05) is 0 Å². The van der Waals surface area contributed by atoms with Crippen LogP contribution in [-0.4, -0.2) is 83.4 Å². The molecule has 4 rings (SSSR count). The second-order valence-electron chi connectivity index (χ2n) is 12.6. The fourth-order valence-corrected chi connectivity index (χ4v) is 7.98. The molecule has 16 nitrogen and oxygen atoms in total. The number of nitrogens with zero attached hydrogens (tertiary/aromatic N) is 3. The predicted molar refractivity (Wildman–Crippen MR) is 180 cm³/mol. The zero-order valence-corrected chi connectivity index (χ0v) is 30.6. The summed E-state index contributed by atoms with van der Waals surface area (Å²) in [7, 11) is -2.69. The molecule has 19 heteroatoms. The Bertz CT molecular complexity index is 1770. The molecule has 2 N–H and O–H groups in total. The molecule has 1 spiro atoms. The number of aromatic hydroxyl groups is 1. The van der Waals surface area contributed by atoms with Crippen LogP contribution in [0.2, 0.25) is 0 Å². The van der Waals surface area contributed by atoms with Gasteiger partial charge in [-0.1, -0.05) is 6.07 Å². The number of nitrogens with one attached hydrogen (secondary N) is 1. The van der Waals surface area contributed by atoms with Gasteiger partial charge in [0.05, 0.1) is 17.9 Å². The van der Waals surface area contributed by atoms with E-state index in [0.29, 0.717) is 6.07 Å². The number of ether oxygens (including phenoxy) is 4. The van der Waals surface area contributed by atoms with Crippen molar-refractivity contribution in [2.24, 2.45) is 0 Å². The van der Waals surface area contributed by atoms with Crippen molar-refractivity contribution in [2.75, 3.05) is 32.2 Å². The first-order valence-corrected chi connectivity index (χ1v) is 18.0. The first-order chi connectivity index (χ1) is 24.4. The van der Waals surface area contributed by atoms with E-state index >= 15 is 0 Å². The van der Waals surface area contributed by atoms with E-state index in [-0.39, 0.29) is 43.4 Å². The van der Waals surface area contributed by atoms with Crippen molar-refractivity contribution in [3.63, 3.8) is 0 Å². The molecule has 3 unspecified atom stereocenters. The largest absolute Gasteiger partial charge is 0.510 e. The zero-order chi connectivity index (χ0) is 38.5. The fraction of sp³-hybridized carbons (Fsp3) is 0.515. The molecule has 0 bridgehead atoms. The number of benzene rings is 1. The number of halogens is 2. The van der Waals surface area contributed by atoms with E-state index in [4.69, 9.17) is 28.0 Å². The predicted octanol–water partition coefficient (Wildman–Crippen LogP) is 4.67. The van der Waals surface area contributed by atoms with Crippen molar-refractivity contribution < 1.29 is 60.8 Å². The van der Waals surface area contributed by atoms with Crippen LogP contribution < -0.4 is 15.8 Å². The van der Waals surface area contributed by atoms with Crippen LogP contribution >= 0.6 is 7.60 Å². The van der Waals surface area contributed by atoms with Gasteiger partial charge >= 0.3 is 13.8 Å². The molecule has 1 fully saturated rings. The van der Waals surface area contributed by atoms with Gasteiger partial charge in [-0.3, -0.25) is 37.7 Å². The Kier molecular flexibility index (Phi) is 12.6. The van der Waals surface area contributed by atoms with E-state index in [1.54, 1.807) is 41.7 Å². The summed E-state index contributed by atoms with van der Waals surface area (Å²) in [6, 6.07) is 2.78. The standard InChI is InChI=1S/C33H43F2N4O12P/c1-8-38-31(43)27-29(41)28(40)25(30(42)36-15-22-9-10-23(34)13-26(22)35)16-39(27)37(7)33(38)12-11-24(14-33)52(45,48-17-46-21(6)50-19(2)3)49-18-47-32(44)51-20(4)5/h9-10,13,16,19-20,24,41H,6,8,11-12,14-15,17-18H2,1-5,7H3,(H,36,42). The molecular formula is C33H43F2N4O12P. The van der Waals surface area contributed by atoms with E-state index in [9.17, 15) is 37.6 Å². The maximum atomic E-state index is 14.4. The lowest BCUT2D eigenvalue weighted by molar-refractivity contribution is -0.0549. The van der Waals surface area contributed by atoms with Crippen LogP contribution in [0.5, 0.6) is 5.75 Å². The molecule has 2 amide bonds. The van der Waals surface area contributed by atoms with Crippen molar-refractivity contribution in [1.82, 2.24) is 14.9 Å². The van der Waals surface area contributed by atoms with Gasteiger partial charge in [-0.15, -0.1) is 0 Å². The van der Waals surface area contributed by atoms with Crippen LogP contribution in [0, 0.1) is 11.6 Å². The Morgan fingerprint density at radius 2 is 1.75 bits per heavy atom. The summed E-state index contributed by atoms with van der Waals surface area (Å²) in [6.07, 6.45) is -0.506. The highest BCUT2D eigenvalue weighted by molar-refractivity contribution is 7.54. The maximum Gasteiger partial charge on any atom is 0.510 e. The summed E-state index contributed by atoms with van der Waals surface area (Å²) in [4.78, 5) is 53.7. The van der Waals surface area contributed by atoms with E-state index in [1.165, 1.54) is 9.91 Å². The quantitative estimate of drug-likeness (QED) is 0.111. The molecule has 1 saturated carbocycles. The van der Waals surface area contributed by atoms with Crippen LogP contribution in [0.25, 0.3) is 0 Å². The molecule has 1 aliphatic carbocycles. The normalized spacial score (nSPS) is 19.4. The van der Waals surface area contributed by atoms with Crippen LogP contribution in [0.1, 0.15) is 80.3 Å². The molecule has 0 saturated heterocycles. The van der Waals surface area contributed by atoms with E-state index < -0.39 is 97.2 Å². The van der Waals surface area contributed by atoms with Gasteiger partial charge in [0.15, 0.2) is 11.4 Å². The molecule has 0 radical (unpaired) electrons. The Labute approximate surface area is 298 Å². The minimum absolute atomic E-state index is 0.0576. The molecule has 1 aromatic heterocycles. The third-order valence-corrected chi connectivity index (χ3v) is 10.8. The lowest BCUT2D eigenvalue weighted by atomic mass is 10.0. The summed E-state index contributed by atoms with van der Waals surface area (Å²) in [5.41, 5.74) is -4.38. The molecular weight excluding hydrogens is 713 g/mol. The number of amides is 2. The number of carbonyl (C=O) groups excluding carboxylic acids is 3. The molecule has 286 valence electrons. The number of hydrogen-bond acceptors (Lipinski definition) is 13. The summed E-state index contributed by atoms with van der Waals surface area (Å²) in [6.45, 7) is 10.3. The monoisotopic (exact) mass is 756 g/mol. The highest BCUT2D eigenvalue weighted by Gasteiger charge is 2.57. The molecule has 1 aliphatic heterocycles. The van der Waals surface area contributed by atoms with Crippen molar-refractivity contribution in [1.29, 1.82) is 0 Å². The van der Waals surface area contributed by atoms with Crippen LogP contribution in [0.15, 0.2) is 41.7 Å². The minimum Gasteiger partial charge on any atom is -0.502 e.